The average molecular weight is 458 g/mol. The van der Waals surface area contributed by atoms with Gasteiger partial charge in [-0.2, -0.15) is 5.10 Å². The molecule has 0 aromatic carbocycles. The molecule has 1 N–H and O–H groups in total. The fourth-order valence-electron chi connectivity index (χ4n) is 4.04. The molecule has 1 fully saturated rings. The largest absolute Gasteiger partial charge is 0.354 e. The van der Waals surface area contributed by atoms with Crippen LogP contribution in [-0.4, -0.2) is 90.5 Å². The lowest BCUT2D eigenvalue weighted by molar-refractivity contribution is 0.102. The van der Waals surface area contributed by atoms with Crippen LogP contribution in [0, 0.1) is 0 Å². The number of hydrogen-bond donors (Lipinski definition) is 1. The molecule has 0 spiro atoms. The SMILES string of the molecule is [B]C([B])([B])N1CCN(c2cc(C(=O)Nc3cc4nc(-c5cnn(C)c5)ccc4cn3)ccn2)CC1. The van der Waals surface area contributed by atoms with Gasteiger partial charge in [0.1, 0.15) is 11.6 Å². The van der Waals surface area contributed by atoms with E-state index in [2.05, 4.69) is 25.3 Å². The number of pyridine rings is 3. The van der Waals surface area contributed by atoms with E-state index in [9.17, 15) is 4.79 Å². The molecule has 0 saturated carbocycles. The zero-order valence-corrected chi connectivity index (χ0v) is 19.3. The Morgan fingerprint density at radius 1 is 1.03 bits per heavy atom. The summed E-state index contributed by atoms with van der Waals surface area (Å²) in [4.78, 5) is 30.3. The molecular formula is C23H21B3N8O. The van der Waals surface area contributed by atoms with Crippen LogP contribution >= 0.6 is 0 Å². The summed E-state index contributed by atoms with van der Waals surface area (Å²) < 4.78 is 1.73. The highest BCUT2D eigenvalue weighted by atomic mass is 16.1. The molecule has 5 rings (SSSR count). The van der Waals surface area contributed by atoms with Crippen molar-refractivity contribution in [1.82, 2.24) is 29.6 Å². The Morgan fingerprint density at radius 3 is 2.54 bits per heavy atom. The first-order chi connectivity index (χ1) is 16.8. The monoisotopic (exact) mass is 458 g/mol. The Balaban J connectivity index is 1.31. The molecule has 35 heavy (non-hydrogen) atoms. The minimum atomic E-state index is -1.35. The third-order valence-electron chi connectivity index (χ3n) is 5.97. The van der Waals surface area contributed by atoms with E-state index in [0.717, 1.165) is 22.2 Å². The molecule has 0 atom stereocenters. The maximum absolute atomic E-state index is 13.0. The van der Waals surface area contributed by atoms with Gasteiger partial charge in [0.15, 0.2) is 0 Å². The van der Waals surface area contributed by atoms with Crippen LogP contribution in [0.1, 0.15) is 10.4 Å². The number of aromatic nitrogens is 5. The average Bonchev–Trinajstić information content (AvgIpc) is 3.29. The molecule has 1 amide bonds. The smallest absolute Gasteiger partial charge is 0.257 e. The molecule has 0 aliphatic carbocycles. The first-order valence-corrected chi connectivity index (χ1v) is 11.2. The van der Waals surface area contributed by atoms with Gasteiger partial charge < -0.3 is 15.1 Å². The van der Waals surface area contributed by atoms with Gasteiger partial charge in [-0.15, -0.1) is 0 Å². The van der Waals surface area contributed by atoms with Crippen LogP contribution in [0.25, 0.3) is 22.2 Å². The van der Waals surface area contributed by atoms with Crippen LogP contribution < -0.4 is 10.2 Å². The maximum atomic E-state index is 13.0. The van der Waals surface area contributed by atoms with Gasteiger partial charge in [0.2, 0.25) is 0 Å². The van der Waals surface area contributed by atoms with E-state index in [1.54, 1.807) is 46.4 Å². The Bertz CT molecular complexity index is 1380. The second kappa shape index (κ2) is 9.18. The summed E-state index contributed by atoms with van der Waals surface area (Å²) >= 11 is 0. The van der Waals surface area contributed by atoms with E-state index in [4.69, 9.17) is 28.5 Å². The molecule has 5 heterocycles. The molecule has 1 aliphatic heterocycles. The molecule has 0 unspecified atom stereocenters. The molecule has 12 heteroatoms. The molecule has 4 aromatic rings. The first-order valence-electron chi connectivity index (χ1n) is 11.2. The highest BCUT2D eigenvalue weighted by Crippen LogP contribution is 2.22. The van der Waals surface area contributed by atoms with Crippen LogP contribution in [-0.2, 0) is 7.05 Å². The molecule has 1 saturated heterocycles. The highest BCUT2D eigenvalue weighted by Gasteiger charge is 2.25. The van der Waals surface area contributed by atoms with E-state index in [-0.39, 0.29) is 5.91 Å². The van der Waals surface area contributed by atoms with E-state index >= 15 is 0 Å². The summed E-state index contributed by atoms with van der Waals surface area (Å²) in [5.74, 6) is 0.825. The van der Waals surface area contributed by atoms with E-state index in [1.165, 1.54) is 0 Å². The van der Waals surface area contributed by atoms with Crippen LogP contribution in [0.5, 0.6) is 0 Å². The van der Waals surface area contributed by atoms with Crippen LogP contribution in [0.4, 0.5) is 11.6 Å². The number of amides is 1. The topological polar surface area (TPSA) is 92.1 Å². The van der Waals surface area contributed by atoms with Crippen LogP contribution in [0.3, 0.4) is 0 Å². The Labute approximate surface area is 207 Å². The number of hydrogen-bond acceptors (Lipinski definition) is 7. The normalized spacial score (nSPS) is 14.8. The lowest BCUT2D eigenvalue weighted by Crippen LogP contribution is -2.58. The summed E-state index contributed by atoms with van der Waals surface area (Å²) in [6, 6.07) is 9.05. The van der Waals surface area contributed by atoms with E-state index in [1.807, 2.05) is 25.4 Å². The standard InChI is InChI=1S/C23H21B3N8O/c1-32-14-17(13-29-32)18-3-2-16-12-28-20(11-19(16)30-18)31-22(35)15-4-5-27-21(10-15)33-6-8-34(9-7-33)23(24,25)26/h2-5,10-14H,6-9H2,1H3,(H,28,31,35). The van der Waals surface area contributed by atoms with Crippen molar-refractivity contribution in [3.05, 3.63) is 60.7 Å². The van der Waals surface area contributed by atoms with Gasteiger partial charge >= 0.3 is 0 Å². The fourth-order valence-corrected chi connectivity index (χ4v) is 4.04. The van der Waals surface area contributed by atoms with Crippen LogP contribution in [0.2, 0.25) is 0 Å². The number of nitrogens with one attached hydrogen (secondary N) is 1. The van der Waals surface area contributed by atoms with E-state index in [0.29, 0.717) is 43.4 Å². The number of fused-ring (bicyclic) bond motifs is 1. The third kappa shape index (κ3) is 5.07. The van der Waals surface area contributed by atoms with Gasteiger partial charge in [-0.25, -0.2) is 15.0 Å². The molecular weight excluding hydrogens is 437 g/mol. The van der Waals surface area contributed by atoms with Crippen molar-refractivity contribution in [2.24, 2.45) is 7.05 Å². The quantitative estimate of drug-likeness (QED) is 0.445. The third-order valence-corrected chi connectivity index (χ3v) is 5.97. The maximum Gasteiger partial charge on any atom is 0.257 e. The second-order valence-electron chi connectivity index (χ2n) is 8.58. The predicted octanol–water partition coefficient (Wildman–Crippen LogP) is 0.916. The summed E-state index contributed by atoms with van der Waals surface area (Å²) in [6.07, 6.45) is 6.97. The zero-order chi connectivity index (χ0) is 24.6. The second-order valence-corrected chi connectivity index (χ2v) is 8.58. The number of nitrogens with zero attached hydrogens (tertiary/aromatic N) is 7. The number of aryl methyl sites for hydroxylation is 1. The molecule has 0 bridgehead atoms. The summed E-state index contributed by atoms with van der Waals surface area (Å²) in [5, 5.41) is 6.59. The van der Waals surface area contributed by atoms with Crippen molar-refractivity contribution in [3.63, 3.8) is 0 Å². The summed E-state index contributed by atoms with van der Waals surface area (Å²) in [7, 11) is 19.2. The van der Waals surface area contributed by atoms with Gasteiger partial charge in [0.05, 0.1) is 40.9 Å². The molecule has 6 radical (unpaired) electrons. The fraction of sp³-hybridized carbons (Fsp3) is 0.261. The molecule has 9 nitrogen and oxygen atoms in total. The Kier molecular flexibility index (Phi) is 6.06. The lowest BCUT2D eigenvalue weighted by atomic mass is 9.48. The van der Waals surface area contributed by atoms with Crippen molar-refractivity contribution in [2.45, 2.75) is 5.24 Å². The zero-order valence-electron chi connectivity index (χ0n) is 19.3. The van der Waals surface area contributed by atoms with Crippen LogP contribution in [0.15, 0.2) is 55.1 Å². The highest BCUT2D eigenvalue weighted by molar-refractivity contribution is 6.59. The predicted molar refractivity (Wildman–Crippen MR) is 138 cm³/mol. The summed E-state index contributed by atoms with van der Waals surface area (Å²) in [6.45, 7) is 2.47. The van der Waals surface area contributed by atoms with Gasteiger partial charge in [-0.05, 0) is 24.3 Å². The minimum Gasteiger partial charge on any atom is -0.354 e. The van der Waals surface area contributed by atoms with E-state index < -0.39 is 5.24 Å². The molecule has 168 valence electrons. The van der Waals surface area contributed by atoms with Crippen molar-refractivity contribution in [1.29, 1.82) is 0 Å². The van der Waals surface area contributed by atoms with Gasteiger partial charge in [0, 0.05) is 74.4 Å². The number of carbonyl (C=O) groups excluding carboxylic acids is 1. The van der Waals surface area contributed by atoms with Crippen molar-refractivity contribution < 1.29 is 4.79 Å². The number of rotatable bonds is 5. The van der Waals surface area contributed by atoms with Gasteiger partial charge in [-0.3, -0.25) is 9.48 Å². The minimum absolute atomic E-state index is 0.285. The Morgan fingerprint density at radius 2 is 1.83 bits per heavy atom. The van der Waals surface area contributed by atoms with Crippen molar-refractivity contribution in [2.75, 3.05) is 36.4 Å². The number of piperazine rings is 1. The first kappa shape index (κ1) is 23.1. The lowest BCUT2D eigenvalue weighted by Gasteiger charge is -2.43. The number of anilines is 2. The molecule has 4 aromatic heterocycles. The Hall–Kier alpha value is -3.66. The van der Waals surface area contributed by atoms with Gasteiger partial charge in [-0.1, -0.05) is 5.24 Å². The van der Waals surface area contributed by atoms with Crippen molar-refractivity contribution in [3.8, 4) is 11.3 Å². The number of carbonyl (C=O) groups is 1. The summed E-state index contributed by atoms with van der Waals surface area (Å²) in [5.41, 5.74) is 2.91. The molecule has 1 aliphatic rings. The van der Waals surface area contributed by atoms with Gasteiger partial charge in [0.25, 0.3) is 5.91 Å². The van der Waals surface area contributed by atoms with Crippen molar-refractivity contribution >= 4 is 52.0 Å².